The number of hydrogen-bond donors (Lipinski definition) is 0. The normalized spacial score (nSPS) is 18.2. The Morgan fingerprint density at radius 1 is 1.05 bits per heavy atom. The first-order chi connectivity index (χ1) is 18.4. The number of carbonyl (C=O) groups excluding carboxylic acids is 2. The van der Waals surface area contributed by atoms with Crippen molar-refractivity contribution in [3.05, 3.63) is 112 Å². The second-order valence-corrected chi connectivity index (χ2v) is 10.6. The van der Waals surface area contributed by atoms with Crippen LogP contribution in [0.4, 0.5) is 10.8 Å². The Kier molecular flexibility index (Phi) is 4.60. The number of hydrogen-bond acceptors (Lipinski definition) is 6. The van der Waals surface area contributed by atoms with Gasteiger partial charge in [0, 0.05) is 12.1 Å². The number of carbonyl (C=O) groups is 2. The SMILES string of the molecule is C=CCN1C(=O)C2(c3ccccc31)c1c(oc3ccccc3c1=O)C(=O)N2c1nc2c(C)cc(C)cc2s1. The summed E-state index contributed by atoms with van der Waals surface area (Å²) in [7, 11) is 0. The van der Waals surface area contributed by atoms with Gasteiger partial charge in [0.05, 0.1) is 26.9 Å². The van der Waals surface area contributed by atoms with Crippen LogP contribution in [0.3, 0.4) is 0 Å². The van der Waals surface area contributed by atoms with E-state index < -0.39 is 22.8 Å². The molecular weight excluding hydrogens is 498 g/mol. The summed E-state index contributed by atoms with van der Waals surface area (Å²) >= 11 is 1.32. The number of nitrogens with zero attached hydrogens (tertiary/aromatic N) is 3. The topological polar surface area (TPSA) is 83.7 Å². The van der Waals surface area contributed by atoms with Crippen LogP contribution in [-0.4, -0.2) is 23.3 Å². The van der Waals surface area contributed by atoms with Crippen molar-refractivity contribution in [3.8, 4) is 0 Å². The molecule has 7 nitrogen and oxygen atoms in total. The van der Waals surface area contributed by atoms with Crippen LogP contribution >= 0.6 is 11.3 Å². The van der Waals surface area contributed by atoms with Crippen LogP contribution in [-0.2, 0) is 10.3 Å². The molecule has 7 rings (SSSR count). The van der Waals surface area contributed by atoms with E-state index in [0.717, 1.165) is 21.3 Å². The number of thiazole rings is 1. The lowest BCUT2D eigenvalue weighted by Crippen LogP contribution is -2.53. The van der Waals surface area contributed by atoms with E-state index in [1.54, 1.807) is 47.4 Å². The highest BCUT2D eigenvalue weighted by Crippen LogP contribution is 2.54. The molecule has 3 aromatic carbocycles. The zero-order valence-corrected chi connectivity index (χ0v) is 21.5. The minimum atomic E-state index is -1.76. The maximum atomic E-state index is 14.6. The Hall–Kier alpha value is -4.56. The number of aryl methyl sites for hydroxylation is 2. The quantitative estimate of drug-likeness (QED) is 0.296. The smallest absolute Gasteiger partial charge is 0.297 e. The summed E-state index contributed by atoms with van der Waals surface area (Å²) in [5.74, 6) is -1.12. The monoisotopic (exact) mass is 519 g/mol. The van der Waals surface area contributed by atoms with Gasteiger partial charge in [-0.05, 0) is 49.2 Å². The number of para-hydroxylation sites is 2. The van der Waals surface area contributed by atoms with Crippen molar-refractivity contribution in [2.45, 2.75) is 19.4 Å². The zero-order chi connectivity index (χ0) is 26.3. The first kappa shape index (κ1) is 22.6. The Morgan fingerprint density at radius 3 is 2.63 bits per heavy atom. The second-order valence-electron chi connectivity index (χ2n) is 9.63. The van der Waals surface area contributed by atoms with Crippen molar-refractivity contribution in [1.82, 2.24) is 4.98 Å². The molecule has 1 atom stereocenters. The molecule has 0 saturated carbocycles. The summed E-state index contributed by atoms with van der Waals surface area (Å²) in [5, 5.41) is 0.639. The van der Waals surface area contributed by atoms with E-state index in [2.05, 4.69) is 6.58 Å². The van der Waals surface area contributed by atoms with Gasteiger partial charge in [0.25, 0.3) is 11.8 Å². The fraction of sp³-hybridized carbons (Fsp3) is 0.133. The zero-order valence-electron chi connectivity index (χ0n) is 20.6. The molecule has 0 N–H and O–H groups in total. The van der Waals surface area contributed by atoms with Crippen LogP contribution in [0.1, 0.15) is 32.8 Å². The summed E-state index contributed by atoms with van der Waals surface area (Å²) in [5.41, 5.74) is 2.09. The molecule has 1 spiro atoms. The Morgan fingerprint density at radius 2 is 1.82 bits per heavy atom. The summed E-state index contributed by atoms with van der Waals surface area (Å²) < 4.78 is 7.00. The molecule has 186 valence electrons. The maximum Gasteiger partial charge on any atom is 0.297 e. The Labute approximate surface area is 221 Å². The molecule has 0 bridgehead atoms. The summed E-state index contributed by atoms with van der Waals surface area (Å²) in [4.78, 5) is 50.8. The molecule has 0 radical (unpaired) electrons. The van der Waals surface area contributed by atoms with Gasteiger partial charge in [-0.15, -0.1) is 6.58 Å². The molecule has 1 unspecified atom stereocenters. The van der Waals surface area contributed by atoms with E-state index >= 15 is 0 Å². The molecular formula is C30H21N3O4S. The van der Waals surface area contributed by atoms with Gasteiger partial charge in [-0.2, -0.15) is 0 Å². The number of anilines is 2. The van der Waals surface area contributed by atoms with Crippen molar-refractivity contribution in [3.63, 3.8) is 0 Å². The Bertz CT molecular complexity index is 1940. The maximum absolute atomic E-state index is 14.6. The molecule has 2 amide bonds. The van der Waals surface area contributed by atoms with Gasteiger partial charge < -0.3 is 9.32 Å². The van der Waals surface area contributed by atoms with Gasteiger partial charge in [-0.3, -0.25) is 19.3 Å². The number of benzene rings is 3. The summed E-state index contributed by atoms with van der Waals surface area (Å²) in [6.07, 6.45) is 1.63. The molecule has 8 heteroatoms. The highest BCUT2D eigenvalue weighted by Gasteiger charge is 2.66. The summed E-state index contributed by atoms with van der Waals surface area (Å²) in [6, 6.07) is 18.1. The van der Waals surface area contributed by atoms with Crippen molar-refractivity contribution < 1.29 is 14.0 Å². The van der Waals surface area contributed by atoms with Gasteiger partial charge in [0.15, 0.2) is 16.1 Å². The number of rotatable bonds is 3. The molecule has 38 heavy (non-hydrogen) atoms. The molecule has 0 aliphatic carbocycles. The Balaban J connectivity index is 1.63. The lowest BCUT2D eigenvalue weighted by Gasteiger charge is -2.32. The second kappa shape index (κ2) is 7.72. The third kappa shape index (κ3) is 2.67. The third-order valence-electron chi connectivity index (χ3n) is 7.35. The van der Waals surface area contributed by atoms with E-state index in [9.17, 15) is 14.4 Å². The van der Waals surface area contributed by atoms with Crippen LogP contribution in [0.2, 0.25) is 0 Å². The lowest BCUT2D eigenvalue weighted by molar-refractivity contribution is -0.121. The molecule has 4 heterocycles. The van der Waals surface area contributed by atoms with Crippen molar-refractivity contribution in [1.29, 1.82) is 0 Å². The summed E-state index contributed by atoms with van der Waals surface area (Å²) in [6.45, 7) is 8.01. The molecule has 0 saturated heterocycles. The average Bonchev–Trinajstić information content (AvgIpc) is 3.51. The molecule has 2 aromatic heterocycles. The lowest BCUT2D eigenvalue weighted by atomic mass is 9.84. The fourth-order valence-electron chi connectivity index (χ4n) is 5.87. The third-order valence-corrected chi connectivity index (χ3v) is 8.34. The minimum Gasteiger partial charge on any atom is -0.450 e. The van der Waals surface area contributed by atoms with Crippen LogP contribution < -0.4 is 15.2 Å². The first-order valence-electron chi connectivity index (χ1n) is 12.2. The number of amides is 2. The van der Waals surface area contributed by atoms with Crippen LogP contribution in [0.15, 0.2) is 82.5 Å². The predicted molar refractivity (Wildman–Crippen MR) is 148 cm³/mol. The van der Waals surface area contributed by atoms with Gasteiger partial charge in [0.2, 0.25) is 5.76 Å². The van der Waals surface area contributed by atoms with Crippen molar-refractivity contribution in [2.24, 2.45) is 0 Å². The van der Waals surface area contributed by atoms with Crippen molar-refractivity contribution >= 4 is 55.2 Å². The van der Waals surface area contributed by atoms with Gasteiger partial charge >= 0.3 is 0 Å². The van der Waals surface area contributed by atoms with Crippen LogP contribution in [0.5, 0.6) is 0 Å². The predicted octanol–water partition coefficient (Wildman–Crippen LogP) is 5.46. The first-order valence-corrected chi connectivity index (χ1v) is 13.0. The molecule has 2 aliphatic heterocycles. The van der Waals surface area contributed by atoms with Crippen LogP contribution in [0, 0.1) is 13.8 Å². The van der Waals surface area contributed by atoms with Gasteiger partial charge in [-0.1, -0.05) is 53.8 Å². The number of fused-ring (bicyclic) bond motifs is 6. The van der Waals surface area contributed by atoms with Crippen molar-refractivity contribution in [2.75, 3.05) is 16.3 Å². The van der Waals surface area contributed by atoms with E-state index in [1.807, 2.05) is 38.1 Å². The van der Waals surface area contributed by atoms with E-state index in [4.69, 9.17) is 9.40 Å². The number of aromatic nitrogens is 1. The standard InChI is InChI=1S/C30H21N3O4S/c1-4-13-32-20-11-7-6-10-19(20)30(28(32)36)23-25(34)18-9-5-8-12-21(18)37-26(23)27(35)33(30)29-31-24-17(3)14-16(2)15-22(24)38-29/h4-12,14-15H,1,13H2,2-3H3. The van der Waals surface area contributed by atoms with E-state index in [1.165, 1.54) is 16.2 Å². The van der Waals surface area contributed by atoms with E-state index in [0.29, 0.717) is 27.4 Å². The largest absolute Gasteiger partial charge is 0.450 e. The average molecular weight is 520 g/mol. The molecule has 5 aromatic rings. The molecule has 0 fully saturated rings. The highest BCUT2D eigenvalue weighted by molar-refractivity contribution is 7.22. The minimum absolute atomic E-state index is 0.0253. The van der Waals surface area contributed by atoms with Gasteiger partial charge in [-0.25, -0.2) is 4.98 Å². The molecule has 2 aliphatic rings. The van der Waals surface area contributed by atoms with Crippen LogP contribution in [0.25, 0.3) is 21.2 Å². The fourth-order valence-corrected chi connectivity index (χ4v) is 7.07. The van der Waals surface area contributed by atoms with Gasteiger partial charge in [0.1, 0.15) is 5.58 Å². The van der Waals surface area contributed by atoms with E-state index in [-0.39, 0.29) is 17.9 Å². The highest BCUT2D eigenvalue weighted by atomic mass is 32.1.